The van der Waals surface area contributed by atoms with Gasteiger partial charge in [0.25, 0.3) is 11.8 Å². The average Bonchev–Trinajstić information content (AvgIpc) is 3.54. The van der Waals surface area contributed by atoms with Gasteiger partial charge in [-0.15, -0.1) is 0 Å². The molecule has 0 aromatic heterocycles. The smallest absolute Gasteiger partial charge is 0.256 e. The third-order valence-electron chi connectivity index (χ3n) is 7.27. The van der Waals surface area contributed by atoms with Crippen LogP contribution in [-0.4, -0.2) is 77.0 Å². The molecule has 3 saturated heterocycles. The van der Waals surface area contributed by atoms with Gasteiger partial charge in [0.05, 0.1) is 16.7 Å². The molecule has 1 spiro atoms. The van der Waals surface area contributed by atoms with Gasteiger partial charge in [0.2, 0.25) is 5.91 Å². The average molecular weight is 534 g/mol. The Morgan fingerprint density at radius 2 is 1.47 bits per heavy atom. The Hall–Kier alpha value is -2.68. The summed E-state index contributed by atoms with van der Waals surface area (Å²) in [6.45, 7) is 2.07. The van der Waals surface area contributed by atoms with E-state index in [2.05, 4.69) is 0 Å². The van der Waals surface area contributed by atoms with Gasteiger partial charge in [0, 0.05) is 50.1 Å². The van der Waals surface area contributed by atoms with Crippen molar-refractivity contribution in [2.75, 3.05) is 32.8 Å². The van der Waals surface area contributed by atoms with Gasteiger partial charge in [0.15, 0.2) is 0 Å². The summed E-state index contributed by atoms with van der Waals surface area (Å²) in [7, 11) is 0. The highest BCUT2D eigenvalue weighted by Crippen LogP contribution is 2.39. The zero-order chi connectivity index (χ0) is 25.4. The van der Waals surface area contributed by atoms with Crippen molar-refractivity contribution in [1.82, 2.24) is 14.7 Å². The second-order valence-corrected chi connectivity index (χ2v) is 10.2. The first-order valence-corrected chi connectivity index (χ1v) is 12.8. The first-order valence-electron chi connectivity index (χ1n) is 12.1. The Kier molecular flexibility index (Phi) is 6.94. The number of halogens is 3. The van der Waals surface area contributed by atoms with Crippen molar-refractivity contribution in [3.8, 4) is 0 Å². The summed E-state index contributed by atoms with van der Waals surface area (Å²) in [5.41, 5.74) is -0.316. The number of likely N-dealkylation sites (tertiary alicyclic amines) is 2. The molecule has 3 aliphatic heterocycles. The van der Waals surface area contributed by atoms with Crippen LogP contribution in [-0.2, 0) is 9.53 Å². The molecule has 3 fully saturated rings. The predicted molar refractivity (Wildman–Crippen MR) is 132 cm³/mol. The van der Waals surface area contributed by atoms with Gasteiger partial charge in [-0.1, -0.05) is 23.2 Å². The Balaban J connectivity index is 1.39. The van der Waals surface area contributed by atoms with E-state index in [1.807, 2.05) is 0 Å². The molecule has 0 unspecified atom stereocenters. The fourth-order valence-corrected chi connectivity index (χ4v) is 5.60. The van der Waals surface area contributed by atoms with E-state index in [4.69, 9.17) is 27.9 Å². The van der Waals surface area contributed by atoms with E-state index in [9.17, 15) is 18.8 Å². The Morgan fingerprint density at radius 3 is 2.11 bits per heavy atom. The third-order valence-corrected chi connectivity index (χ3v) is 8.01. The minimum absolute atomic E-state index is 0.0863. The summed E-state index contributed by atoms with van der Waals surface area (Å²) in [6, 6.07) is 9.28. The molecule has 7 nitrogen and oxygen atoms in total. The Bertz CT molecular complexity index is 1180. The molecular weight excluding hydrogens is 508 g/mol. The molecule has 0 bridgehead atoms. The maximum Gasteiger partial charge on any atom is 0.256 e. The highest BCUT2D eigenvalue weighted by Gasteiger charge is 2.55. The van der Waals surface area contributed by atoms with Gasteiger partial charge in [0.1, 0.15) is 17.6 Å². The van der Waals surface area contributed by atoms with Crippen LogP contribution >= 0.6 is 23.2 Å². The van der Waals surface area contributed by atoms with Crippen molar-refractivity contribution in [3.63, 3.8) is 0 Å². The summed E-state index contributed by atoms with van der Waals surface area (Å²) in [5, 5.41) is 0.670. The lowest BCUT2D eigenvalue weighted by atomic mass is 9.96. The van der Waals surface area contributed by atoms with Gasteiger partial charge in [-0.3, -0.25) is 19.3 Å². The molecule has 3 aliphatic rings. The largest absolute Gasteiger partial charge is 0.353 e. The molecule has 2 aromatic carbocycles. The zero-order valence-corrected chi connectivity index (χ0v) is 21.1. The molecule has 5 rings (SSSR count). The molecule has 36 heavy (non-hydrogen) atoms. The van der Waals surface area contributed by atoms with E-state index < -0.39 is 17.6 Å². The standard InChI is InChI=1S/C26H26Cl2FN3O4/c27-20-8-5-18(15-21(20)28)23(33)31-13-9-26(10-14-31)32(24(34)17-3-6-19(29)7-4-17)22(16-36-26)25(35)30-11-1-2-12-30/h3-8,15,22H,1-2,9-14,16H2/t22-/m0/s1. The third kappa shape index (κ3) is 4.58. The summed E-state index contributed by atoms with van der Waals surface area (Å²) in [5.74, 6) is -1.15. The normalized spacial score (nSPS) is 21.3. The molecule has 1 atom stereocenters. The number of benzene rings is 2. The summed E-state index contributed by atoms with van der Waals surface area (Å²) in [6.07, 6.45) is 2.55. The summed E-state index contributed by atoms with van der Waals surface area (Å²) >= 11 is 12.1. The highest BCUT2D eigenvalue weighted by molar-refractivity contribution is 6.42. The van der Waals surface area contributed by atoms with E-state index in [0.717, 1.165) is 12.8 Å². The second-order valence-electron chi connectivity index (χ2n) is 9.41. The molecule has 3 heterocycles. The summed E-state index contributed by atoms with van der Waals surface area (Å²) < 4.78 is 19.8. The van der Waals surface area contributed by atoms with E-state index in [1.54, 1.807) is 26.8 Å². The first kappa shape index (κ1) is 25.0. The number of ether oxygens (including phenoxy) is 1. The van der Waals surface area contributed by atoms with Crippen molar-refractivity contribution in [2.24, 2.45) is 0 Å². The van der Waals surface area contributed by atoms with Crippen LogP contribution in [0.4, 0.5) is 4.39 Å². The maximum atomic E-state index is 13.7. The lowest BCUT2D eigenvalue weighted by molar-refractivity contribution is -0.136. The number of carbonyl (C=O) groups is 3. The quantitative estimate of drug-likeness (QED) is 0.591. The van der Waals surface area contributed by atoms with Crippen LogP contribution in [0.3, 0.4) is 0 Å². The van der Waals surface area contributed by atoms with Crippen LogP contribution < -0.4 is 0 Å². The van der Waals surface area contributed by atoms with Crippen LogP contribution in [0.2, 0.25) is 10.0 Å². The highest BCUT2D eigenvalue weighted by atomic mass is 35.5. The van der Waals surface area contributed by atoms with Crippen LogP contribution in [0.15, 0.2) is 42.5 Å². The Labute approximate surface area is 218 Å². The number of hydrogen-bond donors (Lipinski definition) is 0. The number of amides is 3. The fourth-order valence-electron chi connectivity index (χ4n) is 5.31. The maximum absolute atomic E-state index is 13.7. The van der Waals surface area contributed by atoms with Crippen LogP contribution in [0.1, 0.15) is 46.4 Å². The van der Waals surface area contributed by atoms with Crippen molar-refractivity contribution in [3.05, 3.63) is 69.5 Å². The molecule has 3 amide bonds. The van der Waals surface area contributed by atoms with Gasteiger partial charge in [-0.25, -0.2) is 4.39 Å². The van der Waals surface area contributed by atoms with Gasteiger partial charge < -0.3 is 14.5 Å². The van der Waals surface area contributed by atoms with Crippen molar-refractivity contribution in [1.29, 1.82) is 0 Å². The molecule has 0 radical (unpaired) electrons. The molecule has 0 aliphatic carbocycles. The van der Waals surface area contributed by atoms with E-state index in [1.165, 1.54) is 30.3 Å². The number of carbonyl (C=O) groups excluding carboxylic acids is 3. The predicted octanol–water partition coefficient (Wildman–Crippen LogP) is 4.23. The zero-order valence-electron chi connectivity index (χ0n) is 19.6. The van der Waals surface area contributed by atoms with Crippen LogP contribution in [0.25, 0.3) is 0 Å². The van der Waals surface area contributed by atoms with Crippen LogP contribution in [0, 0.1) is 5.82 Å². The first-order chi connectivity index (χ1) is 17.3. The number of rotatable bonds is 3. The number of nitrogens with zero attached hydrogens (tertiary/aromatic N) is 3. The molecule has 190 valence electrons. The van der Waals surface area contributed by atoms with Crippen LogP contribution in [0.5, 0.6) is 0 Å². The van der Waals surface area contributed by atoms with Gasteiger partial charge in [-0.05, 0) is 55.3 Å². The molecular formula is C26H26Cl2FN3O4. The molecule has 2 aromatic rings. The SMILES string of the molecule is O=C(c1ccc(Cl)c(Cl)c1)N1CCC2(CC1)OC[C@@H](C(=O)N1CCCC1)N2C(=O)c1ccc(F)cc1. The number of piperidine rings is 1. The van der Waals surface area contributed by atoms with Gasteiger partial charge >= 0.3 is 0 Å². The van der Waals surface area contributed by atoms with Crippen molar-refractivity contribution >= 4 is 40.9 Å². The van der Waals surface area contributed by atoms with Crippen molar-refractivity contribution < 1.29 is 23.5 Å². The number of hydrogen-bond acceptors (Lipinski definition) is 4. The molecule has 0 N–H and O–H groups in total. The fraction of sp³-hybridized carbons (Fsp3) is 0.423. The summed E-state index contributed by atoms with van der Waals surface area (Å²) in [4.78, 5) is 45.2. The Morgan fingerprint density at radius 1 is 0.833 bits per heavy atom. The van der Waals surface area contributed by atoms with E-state index in [0.29, 0.717) is 54.6 Å². The molecule has 0 saturated carbocycles. The molecule has 10 heteroatoms. The lowest BCUT2D eigenvalue weighted by Gasteiger charge is -2.44. The topological polar surface area (TPSA) is 70.2 Å². The monoisotopic (exact) mass is 533 g/mol. The van der Waals surface area contributed by atoms with Gasteiger partial charge in [-0.2, -0.15) is 0 Å². The van der Waals surface area contributed by atoms with Crippen molar-refractivity contribution in [2.45, 2.75) is 37.5 Å². The second kappa shape index (κ2) is 10.00. The van der Waals surface area contributed by atoms with E-state index >= 15 is 0 Å². The minimum Gasteiger partial charge on any atom is -0.353 e. The minimum atomic E-state index is -1.03. The van der Waals surface area contributed by atoms with E-state index in [-0.39, 0.29) is 29.9 Å². The lowest BCUT2D eigenvalue weighted by Crippen LogP contribution is -2.60.